The average Bonchev–Trinajstić information content (AvgIpc) is 3.46. The van der Waals surface area contributed by atoms with Crippen LogP contribution in [0.4, 0.5) is 4.39 Å². The fourth-order valence-corrected chi connectivity index (χ4v) is 3.32. The van der Waals surface area contributed by atoms with Gasteiger partial charge in [-0.2, -0.15) is 0 Å². The number of amides is 2. The minimum Gasteiger partial charge on any atom is -0.488 e. The summed E-state index contributed by atoms with van der Waals surface area (Å²) in [7, 11) is 0. The fraction of sp³-hybridized carbons (Fsp3) is 0.632. The van der Waals surface area contributed by atoms with Gasteiger partial charge in [-0.15, -0.1) is 0 Å². The van der Waals surface area contributed by atoms with Gasteiger partial charge in [-0.3, -0.25) is 14.6 Å². The number of carbonyl (C=O) groups excluding carboxylic acids is 2. The van der Waals surface area contributed by atoms with E-state index >= 15 is 0 Å². The molecule has 2 aliphatic carbocycles. The summed E-state index contributed by atoms with van der Waals surface area (Å²) in [6.07, 6.45) is 5.16. The third-order valence-electron chi connectivity index (χ3n) is 5.11. The predicted molar refractivity (Wildman–Crippen MR) is 94.7 cm³/mol. The Morgan fingerprint density at radius 1 is 1.42 bits per heavy atom. The van der Waals surface area contributed by atoms with Crippen LogP contribution in [0.3, 0.4) is 0 Å². The van der Waals surface area contributed by atoms with Crippen molar-refractivity contribution in [3.8, 4) is 5.75 Å². The zero-order valence-corrected chi connectivity index (χ0v) is 15.3. The molecule has 0 spiro atoms. The molecular weight excluding hydrogens is 337 g/mol. The van der Waals surface area contributed by atoms with E-state index in [1.165, 1.54) is 0 Å². The van der Waals surface area contributed by atoms with Gasteiger partial charge in [0.25, 0.3) is 5.91 Å². The number of hydrogen-bond donors (Lipinski definition) is 2. The van der Waals surface area contributed by atoms with Crippen LogP contribution in [0.15, 0.2) is 12.3 Å². The highest BCUT2D eigenvalue weighted by Crippen LogP contribution is 2.44. The smallest absolute Gasteiger partial charge is 0.270 e. The molecule has 3 rings (SSSR count). The summed E-state index contributed by atoms with van der Waals surface area (Å²) in [6.45, 7) is 2.88. The lowest BCUT2D eigenvalue weighted by Gasteiger charge is -2.29. The summed E-state index contributed by atoms with van der Waals surface area (Å²) in [4.78, 5) is 28.4. The molecule has 0 saturated heterocycles. The van der Waals surface area contributed by atoms with Crippen molar-refractivity contribution in [2.75, 3.05) is 6.67 Å². The number of halogens is 1. The summed E-state index contributed by atoms with van der Waals surface area (Å²) < 4.78 is 18.5. The third kappa shape index (κ3) is 4.31. The van der Waals surface area contributed by atoms with Gasteiger partial charge in [0.2, 0.25) is 5.91 Å². The molecule has 142 valence electrons. The quantitative estimate of drug-likeness (QED) is 0.705. The van der Waals surface area contributed by atoms with Crippen molar-refractivity contribution in [1.82, 2.24) is 10.3 Å². The topological polar surface area (TPSA) is 94.3 Å². The maximum Gasteiger partial charge on any atom is 0.270 e. The van der Waals surface area contributed by atoms with Crippen molar-refractivity contribution in [3.05, 3.63) is 23.5 Å². The first-order valence-electron chi connectivity index (χ1n) is 9.15. The van der Waals surface area contributed by atoms with Gasteiger partial charge in [-0.25, -0.2) is 4.39 Å². The molecule has 0 aromatic carbocycles. The lowest BCUT2D eigenvalue weighted by Crippen LogP contribution is -2.50. The Kier molecular flexibility index (Phi) is 5.16. The summed E-state index contributed by atoms with van der Waals surface area (Å²) in [6, 6.07) is 1.58. The van der Waals surface area contributed by atoms with Crippen molar-refractivity contribution < 1.29 is 18.7 Å². The van der Waals surface area contributed by atoms with Gasteiger partial charge in [-0.1, -0.05) is 0 Å². The Bertz CT molecular complexity index is 703. The summed E-state index contributed by atoms with van der Waals surface area (Å²) >= 11 is 0. The Balaban J connectivity index is 1.80. The fourth-order valence-electron chi connectivity index (χ4n) is 3.32. The Morgan fingerprint density at radius 3 is 2.65 bits per heavy atom. The van der Waals surface area contributed by atoms with Crippen LogP contribution in [0.1, 0.15) is 67.9 Å². The van der Waals surface area contributed by atoms with Crippen molar-refractivity contribution in [2.45, 2.75) is 63.5 Å². The third-order valence-corrected chi connectivity index (χ3v) is 5.11. The van der Waals surface area contributed by atoms with Crippen LogP contribution in [0, 0.1) is 5.92 Å². The largest absolute Gasteiger partial charge is 0.488 e. The van der Waals surface area contributed by atoms with Crippen molar-refractivity contribution in [1.29, 1.82) is 0 Å². The molecule has 2 saturated carbocycles. The molecule has 3 N–H and O–H groups in total. The molecule has 2 atom stereocenters. The van der Waals surface area contributed by atoms with Crippen molar-refractivity contribution in [3.63, 3.8) is 0 Å². The second-order valence-electron chi connectivity index (χ2n) is 7.75. The number of ether oxygens (including phenoxy) is 1. The number of hydrogen-bond acceptors (Lipinski definition) is 4. The molecule has 2 amide bonds. The van der Waals surface area contributed by atoms with E-state index in [-0.39, 0.29) is 23.9 Å². The Labute approximate surface area is 152 Å². The first-order chi connectivity index (χ1) is 12.3. The van der Waals surface area contributed by atoms with Crippen LogP contribution in [-0.4, -0.2) is 35.1 Å². The number of primary amides is 1. The molecule has 2 fully saturated rings. The number of rotatable bonds is 9. The molecule has 0 unspecified atom stereocenters. The summed E-state index contributed by atoms with van der Waals surface area (Å²) in [5.74, 6) is 0.305. The van der Waals surface area contributed by atoms with E-state index in [2.05, 4.69) is 10.3 Å². The first kappa shape index (κ1) is 18.6. The number of nitrogens with two attached hydrogens (primary N) is 1. The van der Waals surface area contributed by atoms with Crippen molar-refractivity contribution >= 4 is 11.8 Å². The van der Waals surface area contributed by atoms with Crippen LogP contribution in [-0.2, 0) is 4.79 Å². The lowest BCUT2D eigenvalue weighted by atomic mass is 9.91. The molecular formula is C19H26FN3O3. The van der Waals surface area contributed by atoms with Gasteiger partial charge in [0.15, 0.2) is 0 Å². The number of pyridine rings is 1. The molecule has 26 heavy (non-hydrogen) atoms. The second kappa shape index (κ2) is 7.21. The predicted octanol–water partition coefficient (Wildman–Crippen LogP) is 2.47. The number of carbonyl (C=O) groups is 2. The molecule has 1 heterocycles. The monoisotopic (exact) mass is 363 g/mol. The molecule has 7 heteroatoms. The number of alkyl halides is 1. The van der Waals surface area contributed by atoms with Gasteiger partial charge >= 0.3 is 0 Å². The van der Waals surface area contributed by atoms with Gasteiger partial charge in [-0.05, 0) is 51.4 Å². The van der Waals surface area contributed by atoms with Gasteiger partial charge in [0.05, 0.1) is 0 Å². The number of aromatic nitrogens is 1. The molecule has 0 bridgehead atoms. The number of nitrogens with zero attached hydrogens (tertiary/aromatic N) is 1. The van der Waals surface area contributed by atoms with E-state index in [1.807, 2.05) is 6.92 Å². The van der Waals surface area contributed by atoms with Crippen LogP contribution in [0.2, 0.25) is 0 Å². The van der Waals surface area contributed by atoms with Crippen LogP contribution < -0.4 is 15.8 Å². The molecule has 0 radical (unpaired) electrons. The van der Waals surface area contributed by atoms with Gasteiger partial charge in [0, 0.05) is 29.8 Å². The van der Waals surface area contributed by atoms with E-state index in [0.717, 1.165) is 31.2 Å². The summed E-state index contributed by atoms with van der Waals surface area (Å²) in [5.41, 5.74) is 5.80. The SMILES string of the molecule is C[C@@H](CF)Oc1cc(C(=O)N[C@@](C)(CC(N)=O)C2CC2)ncc1C1CC1. The van der Waals surface area contributed by atoms with Gasteiger partial charge in [0.1, 0.15) is 24.2 Å². The average molecular weight is 363 g/mol. The van der Waals surface area contributed by atoms with Crippen LogP contribution in [0.5, 0.6) is 5.75 Å². The lowest BCUT2D eigenvalue weighted by molar-refractivity contribution is -0.119. The van der Waals surface area contributed by atoms with E-state index in [1.54, 1.807) is 19.2 Å². The normalized spacial score (nSPS) is 20.1. The van der Waals surface area contributed by atoms with E-state index < -0.39 is 24.2 Å². The van der Waals surface area contributed by atoms with E-state index in [0.29, 0.717) is 11.7 Å². The highest BCUT2D eigenvalue weighted by Gasteiger charge is 2.44. The maximum absolute atomic E-state index is 12.9. The molecule has 1 aromatic heterocycles. The van der Waals surface area contributed by atoms with Crippen LogP contribution >= 0.6 is 0 Å². The highest BCUT2D eigenvalue weighted by molar-refractivity contribution is 5.93. The van der Waals surface area contributed by atoms with Crippen molar-refractivity contribution in [2.24, 2.45) is 11.7 Å². The van der Waals surface area contributed by atoms with Gasteiger partial charge < -0.3 is 15.8 Å². The highest BCUT2D eigenvalue weighted by atomic mass is 19.1. The summed E-state index contributed by atoms with van der Waals surface area (Å²) in [5, 5.41) is 2.93. The first-order valence-corrected chi connectivity index (χ1v) is 9.15. The zero-order chi connectivity index (χ0) is 18.9. The standard InChI is InChI=1S/C19H26FN3O3/c1-11(9-20)26-16-7-15(22-10-14(16)12-3-4-12)18(25)23-19(2,8-17(21)24)13-5-6-13/h7,10-13H,3-6,8-9H2,1-2H3,(H2,21,24)(H,23,25)/t11-,19-/m0/s1. The maximum atomic E-state index is 12.9. The zero-order valence-electron chi connectivity index (χ0n) is 15.3. The minimum absolute atomic E-state index is 0.0891. The molecule has 1 aromatic rings. The van der Waals surface area contributed by atoms with E-state index in [4.69, 9.17) is 10.5 Å². The Morgan fingerprint density at radius 2 is 2.12 bits per heavy atom. The van der Waals surface area contributed by atoms with Crippen LogP contribution in [0.25, 0.3) is 0 Å². The molecule has 6 nitrogen and oxygen atoms in total. The van der Waals surface area contributed by atoms with E-state index in [9.17, 15) is 14.0 Å². The molecule has 0 aliphatic heterocycles. The second-order valence-corrected chi connectivity index (χ2v) is 7.75. The number of nitrogens with one attached hydrogen (secondary N) is 1. The Hall–Kier alpha value is -2.18. The minimum atomic E-state index is -0.674. The molecule has 2 aliphatic rings.